The van der Waals surface area contributed by atoms with Crippen molar-refractivity contribution in [2.75, 3.05) is 0 Å². The van der Waals surface area contributed by atoms with E-state index in [-0.39, 0.29) is 35.9 Å². The number of ether oxygens (including phenoxy) is 1. The van der Waals surface area contributed by atoms with Crippen LogP contribution in [0.4, 0.5) is 31.1 Å². The Kier molecular flexibility index (Phi) is 7.15. The van der Waals surface area contributed by atoms with E-state index in [1.54, 1.807) is 19.1 Å². The summed E-state index contributed by atoms with van der Waals surface area (Å²) in [5, 5.41) is 12.6. The maximum Gasteiger partial charge on any atom is 0.430 e. The van der Waals surface area contributed by atoms with Crippen molar-refractivity contribution in [2.45, 2.75) is 75.5 Å². The van der Waals surface area contributed by atoms with Gasteiger partial charge in [0.25, 0.3) is 11.5 Å². The van der Waals surface area contributed by atoms with Crippen LogP contribution in [-0.2, 0) is 23.4 Å². The highest BCUT2D eigenvalue weighted by Crippen LogP contribution is 2.50. The number of nitrogens with one attached hydrogen (secondary N) is 1. The van der Waals surface area contributed by atoms with Crippen molar-refractivity contribution >= 4 is 11.9 Å². The van der Waals surface area contributed by atoms with Crippen LogP contribution in [0.2, 0.25) is 0 Å². The summed E-state index contributed by atoms with van der Waals surface area (Å²) in [6, 6.07) is 7.96. The lowest BCUT2D eigenvalue weighted by Crippen LogP contribution is -2.53. The van der Waals surface area contributed by atoms with Gasteiger partial charge in [-0.25, -0.2) is 4.79 Å². The lowest BCUT2D eigenvalue weighted by Gasteiger charge is -2.33. The van der Waals surface area contributed by atoms with E-state index in [1.165, 1.54) is 12.1 Å². The van der Waals surface area contributed by atoms with Crippen molar-refractivity contribution in [3.05, 3.63) is 59.2 Å². The van der Waals surface area contributed by atoms with Gasteiger partial charge in [0.2, 0.25) is 0 Å². The Morgan fingerprint density at radius 3 is 2.26 bits per heavy atom. The van der Waals surface area contributed by atoms with E-state index in [0.29, 0.717) is 37.0 Å². The van der Waals surface area contributed by atoms with E-state index >= 15 is 0 Å². The molecule has 3 amide bonds. The van der Waals surface area contributed by atoms with Crippen LogP contribution in [0.25, 0.3) is 0 Å². The van der Waals surface area contributed by atoms with Crippen molar-refractivity contribution in [1.82, 2.24) is 10.2 Å². The third-order valence-electron chi connectivity index (χ3n) is 6.99. The molecule has 1 saturated carbocycles. The van der Waals surface area contributed by atoms with Crippen LogP contribution in [0.3, 0.4) is 0 Å². The van der Waals surface area contributed by atoms with Crippen LogP contribution in [0.5, 0.6) is 11.5 Å². The molecule has 1 saturated heterocycles. The molecule has 0 unspecified atom stereocenters. The predicted octanol–water partition coefficient (Wildman–Crippen LogP) is 6.11. The van der Waals surface area contributed by atoms with Crippen molar-refractivity contribution < 1.29 is 45.8 Å². The maximum absolute atomic E-state index is 13.4. The first-order valence-electron chi connectivity index (χ1n) is 12.1. The largest absolute Gasteiger partial charge is 0.457 e. The lowest BCUT2D eigenvalue weighted by atomic mass is 9.90. The smallest absolute Gasteiger partial charge is 0.430 e. The number of hydrogen-bond acceptors (Lipinski definition) is 4. The predicted molar refractivity (Wildman–Crippen MR) is 123 cm³/mol. The molecule has 1 aliphatic heterocycles. The van der Waals surface area contributed by atoms with Crippen LogP contribution in [0.15, 0.2) is 42.5 Å². The van der Waals surface area contributed by atoms with Crippen LogP contribution in [-0.4, -0.2) is 39.8 Å². The highest BCUT2D eigenvalue weighted by atomic mass is 19.4. The van der Waals surface area contributed by atoms with E-state index in [9.17, 15) is 41.0 Å². The Hall–Kier alpha value is -3.28. The molecule has 2 aliphatic rings. The summed E-state index contributed by atoms with van der Waals surface area (Å²) >= 11 is 0. The highest BCUT2D eigenvalue weighted by molar-refractivity contribution is 6.07. The Morgan fingerprint density at radius 2 is 1.66 bits per heavy atom. The monoisotopic (exact) mass is 544 g/mol. The zero-order valence-corrected chi connectivity index (χ0v) is 20.4. The normalized spacial score (nSPS) is 17.8. The molecule has 1 spiro atoms. The first-order valence-corrected chi connectivity index (χ1v) is 12.1. The number of amides is 3. The van der Waals surface area contributed by atoms with Gasteiger partial charge in [0.15, 0.2) is 0 Å². The molecule has 6 nitrogen and oxygen atoms in total. The number of aliphatic hydroxyl groups is 1. The minimum atomic E-state index is -6.00. The third kappa shape index (κ3) is 4.81. The molecule has 0 aromatic heterocycles. The van der Waals surface area contributed by atoms with Crippen molar-refractivity contribution in [2.24, 2.45) is 0 Å². The molecule has 38 heavy (non-hydrogen) atoms. The molecule has 4 rings (SSSR count). The van der Waals surface area contributed by atoms with Gasteiger partial charge >= 0.3 is 18.4 Å². The van der Waals surface area contributed by atoms with Gasteiger partial charge in [0.1, 0.15) is 17.0 Å². The Morgan fingerprint density at radius 1 is 1.00 bits per heavy atom. The molecule has 1 aliphatic carbocycles. The number of hydrogen-bond donors (Lipinski definition) is 2. The number of nitrogens with zero attached hydrogens (tertiary/aromatic N) is 1. The fraction of sp³-hybridized carbons (Fsp3) is 0.462. The van der Waals surface area contributed by atoms with E-state index in [1.807, 2.05) is 0 Å². The molecule has 2 aromatic carbocycles. The zero-order chi connectivity index (χ0) is 27.9. The number of carbonyl (C=O) groups excluding carboxylic acids is 2. The van der Waals surface area contributed by atoms with E-state index in [2.05, 4.69) is 5.32 Å². The summed E-state index contributed by atoms with van der Waals surface area (Å²) in [5.74, 6) is -0.0783. The van der Waals surface area contributed by atoms with Gasteiger partial charge in [0, 0.05) is 5.56 Å². The molecule has 0 radical (unpaired) electrons. The molecular formula is C26H26F6N2O4. The maximum atomic E-state index is 13.4. The highest BCUT2D eigenvalue weighted by Gasteiger charge is 2.71. The molecule has 0 bridgehead atoms. The first-order chi connectivity index (χ1) is 17.7. The van der Waals surface area contributed by atoms with Gasteiger partial charge in [-0.1, -0.05) is 44.4 Å². The number of rotatable bonds is 7. The van der Waals surface area contributed by atoms with Gasteiger partial charge in [-0.2, -0.15) is 26.3 Å². The zero-order valence-electron chi connectivity index (χ0n) is 20.4. The molecule has 2 aromatic rings. The van der Waals surface area contributed by atoms with Crippen LogP contribution in [0.1, 0.15) is 55.7 Å². The number of urea groups is 1. The fourth-order valence-electron chi connectivity index (χ4n) is 5.01. The summed E-state index contributed by atoms with van der Waals surface area (Å²) < 4.78 is 85.9. The second-order valence-electron chi connectivity index (χ2n) is 9.64. The average Bonchev–Trinajstić information content (AvgIpc) is 3.39. The molecule has 1 heterocycles. The van der Waals surface area contributed by atoms with Gasteiger partial charge < -0.3 is 15.2 Å². The summed E-state index contributed by atoms with van der Waals surface area (Å²) in [6.45, 7) is 1.65. The molecule has 2 fully saturated rings. The van der Waals surface area contributed by atoms with E-state index in [4.69, 9.17) is 4.74 Å². The minimum absolute atomic E-state index is 0.0133. The van der Waals surface area contributed by atoms with Crippen LogP contribution < -0.4 is 10.1 Å². The third-order valence-corrected chi connectivity index (χ3v) is 6.99. The summed E-state index contributed by atoms with van der Waals surface area (Å²) in [7, 11) is 0. The fourth-order valence-corrected chi connectivity index (χ4v) is 5.01. The van der Waals surface area contributed by atoms with E-state index < -0.39 is 35.1 Å². The second-order valence-corrected chi connectivity index (χ2v) is 9.64. The minimum Gasteiger partial charge on any atom is -0.457 e. The van der Waals surface area contributed by atoms with Crippen molar-refractivity contribution in [3.63, 3.8) is 0 Å². The Bertz CT molecular complexity index is 1210. The van der Waals surface area contributed by atoms with Crippen molar-refractivity contribution in [1.29, 1.82) is 0 Å². The molecular weight excluding hydrogens is 518 g/mol. The van der Waals surface area contributed by atoms with Gasteiger partial charge in [-0.05, 0) is 54.7 Å². The summed E-state index contributed by atoms with van der Waals surface area (Å²) in [4.78, 5) is 26.5. The number of imide groups is 1. The topological polar surface area (TPSA) is 78.9 Å². The molecule has 2 N–H and O–H groups in total. The van der Waals surface area contributed by atoms with Crippen molar-refractivity contribution in [3.8, 4) is 11.5 Å². The summed E-state index contributed by atoms with van der Waals surface area (Å²) in [6.07, 6.45) is -8.71. The van der Waals surface area contributed by atoms with Crippen LogP contribution in [0, 0.1) is 0 Å². The number of aryl methyl sites for hydroxylation is 1. The standard InChI is InChI=1S/C26H26F6N2O4/c1-2-6-17-14-18(24(37,25(27,28)29)26(30,31)32)9-10-20(17)38-19-8-5-7-16(13-19)15-34-21(35)23(33-22(34)36)11-3-4-12-23/h5,7-10,13-14,37H,2-4,6,11-12,15H2,1H3,(H,33,36). The Labute approximate surface area is 214 Å². The van der Waals surface area contributed by atoms with Gasteiger partial charge in [-0.3, -0.25) is 9.69 Å². The number of benzene rings is 2. The van der Waals surface area contributed by atoms with Gasteiger partial charge in [0.05, 0.1) is 6.54 Å². The lowest BCUT2D eigenvalue weighted by molar-refractivity contribution is -0.376. The quantitative estimate of drug-likeness (QED) is 0.326. The first kappa shape index (κ1) is 27.7. The molecule has 206 valence electrons. The molecule has 0 atom stereocenters. The Balaban J connectivity index is 1.59. The van der Waals surface area contributed by atoms with Crippen LogP contribution >= 0.6 is 0 Å². The number of halogens is 6. The molecule has 12 heteroatoms. The summed E-state index contributed by atoms with van der Waals surface area (Å²) in [5.41, 5.74) is -6.68. The van der Waals surface area contributed by atoms with E-state index in [0.717, 1.165) is 23.8 Å². The second kappa shape index (κ2) is 9.79. The van der Waals surface area contributed by atoms with Gasteiger partial charge in [-0.15, -0.1) is 0 Å². The number of alkyl halides is 6. The number of carbonyl (C=O) groups is 2. The SMILES string of the molecule is CCCc1cc(C(O)(C(F)(F)F)C(F)(F)F)ccc1Oc1cccc(CN2C(=O)NC3(CCCC3)C2=O)c1. The average molecular weight is 544 g/mol.